The Bertz CT molecular complexity index is 107. The molecule has 0 N–H and O–H groups in total. The molecule has 0 fully saturated rings. The van der Waals surface area contributed by atoms with E-state index in [4.69, 9.17) is 24.4 Å². The van der Waals surface area contributed by atoms with Gasteiger partial charge >= 0.3 is 8.11 Å². The van der Waals surface area contributed by atoms with E-state index in [9.17, 15) is 0 Å². The third-order valence-corrected chi connectivity index (χ3v) is 3.91. The minimum Gasteiger partial charge on any atom is -0.362 e. The summed E-state index contributed by atoms with van der Waals surface area (Å²) >= 11 is 5.99. The van der Waals surface area contributed by atoms with Crippen LogP contribution in [0.2, 0.25) is 0 Å². The first kappa shape index (κ1) is 12.4. The van der Waals surface area contributed by atoms with Crippen LogP contribution in [0.1, 0.15) is 27.2 Å². The first-order chi connectivity index (χ1) is 5.68. The predicted molar refractivity (Wildman–Crippen MR) is 51.1 cm³/mol. The molecule has 0 atom stereocenters. The van der Waals surface area contributed by atoms with E-state index in [1.54, 1.807) is 0 Å². The summed E-state index contributed by atoms with van der Waals surface area (Å²) in [5.74, 6) is 0. The van der Waals surface area contributed by atoms with Gasteiger partial charge < -0.3 is 13.3 Å². The Morgan fingerprint density at radius 3 is 1.83 bits per heavy atom. The molecule has 0 saturated carbocycles. The quantitative estimate of drug-likeness (QED) is 0.478. The monoisotopic (exact) mass is 212 g/mol. The standard InChI is InChI=1S/C7H17ClO3Si/c1-4-7-11-12(8,9-5-2)10-6-3/h4-7H2,1-3H3. The Morgan fingerprint density at radius 1 is 1.00 bits per heavy atom. The van der Waals surface area contributed by atoms with Gasteiger partial charge in [-0.3, -0.25) is 0 Å². The van der Waals surface area contributed by atoms with Crippen molar-refractivity contribution in [2.24, 2.45) is 0 Å². The van der Waals surface area contributed by atoms with Crippen molar-refractivity contribution in [1.29, 1.82) is 0 Å². The van der Waals surface area contributed by atoms with Crippen molar-refractivity contribution in [2.45, 2.75) is 27.2 Å². The van der Waals surface area contributed by atoms with Gasteiger partial charge in [0.1, 0.15) is 0 Å². The van der Waals surface area contributed by atoms with E-state index >= 15 is 0 Å². The summed E-state index contributed by atoms with van der Waals surface area (Å²) in [6, 6.07) is 0. The van der Waals surface area contributed by atoms with E-state index in [-0.39, 0.29) is 0 Å². The van der Waals surface area contributed by atoms with Gasteiger partial charge in [0.25, 0.3) is 0 Å². The van der Waals surface area contributed by atoms with E-state index in [0.29, 0.717) is 19.8 Å². The fourth-order valence-corrected chi connectivity index (χ4v) is 2.97. The van der Waals surface area contributed by atoms with Crippen molar-refractivity contribution in [3.63, 3.8) is 0 Å². The molecule has 0 amide bonds. The van der Waals surface area contributed by atoms with Crippen molar-refractivity contribution in [2.75, 3.05) is 19.8 Å². The van der Waals surface area contributed by atoms with E-state index in [2.05, 4.69) is 0 Å². The summed E-state index contributed by atoms with van der Waals surface area (Å²) in [6.45, 7) is 7.41. The topological polar surface area (TPSA) is 27.7 Å². The summed E-state index contributed by atoms with van der Waals surface area (Å²) in [6.07, 6.45) is 0.918. The molecule has 0 spiro atoms. The highest BCUT2D eigenvalue weighted by Crippen LogP contribution is 2.14. The van der Waals surface area contributed by atoms with Gasteiger partial charge in [-0.2, -0.15) is 0 Å². The summed E-state index contributed by atoms with van der Waals surface area (Å²) in [4.78, 5) is 0. The molecule has 0 aromatic carbocycles. The Kier molecular flexibility index (Phi) is 7.08. The lowest BCUT2D eigenvalue weighted by molar-refractivity contribution is 0.0898. The Balaban J connectivity index is 3.80. The van der Waals surface area contributed by atoms with Crippen LogP contribution in [-0.2, 0) is 13.3 Å². The van der Waals surface area contributed by atoms with Gasteiger partial charge in [-0.15, -0.1) is 0 Å². The summed E-state index contributed by atoms with van der Waals surface area (Å²) in [5.41, 5.74) is 0. The van der Waals surface area contributed by atoms with Crippen molar-refractivity contribution >= 4 is 19.2 Å². The van der Waals surface area contributed by atoms with Crippen molar-refractivity contribution < 1.29 is 13.3 Å². The second kappa shape index (κ2) is 6.86. The predicted octanol–water partition coefficient (Wildman–Crippen LogP) is 2.16. The van der Waals surface area contributed by atoms with Crippen LogP contribution < -0.4 is 0 Å². The van der Waals surface area contributed by atoms with Crippen LogP contribution in [0.5, 0.6) is 0 Å². The highest BCUT2D eigenvalue weighted by atomic mass is 35.6. The van der Waals surface area contributed by atoms with Crippen LogP contribution in [0.15, 0.2) is 0 Å². The smallest absolute Gasteiger partial charge is 0.362 e. The molecule has 12 heavy (non-hydrogen) atoms. The molecule has 0 radical (unpaired) electrons. The molecule has 0 unspecified atom stereocenters. The highest BCUT2D eigenvalue weighted by Gasteiger charge is 2.38. The van der Waals surface area contributed by atoms with Crippen LogP contribution in [0.25, 0.3) is 0 Å². The normalized spacial score (nSPS) is 12.0. The van der Waals surface area contributed by atoms with Gasteiger partial charge in [-0.05, 0) is 20.3 Å². The number of halogens is 1. The van der Waals surface area contributed by atoms with E-state index in [0.717, 1.165) is 6.42 Å². The minimum absolute atomic E-state index is 0.527. The zero-order chi connectivity index (χ0) is 9.45. The average molecular weight is 213 g/mol. The third-order valence-electron chi connectivity index (χ3n) is 1.11. The Labute approximate surface area is 80.0 Å². The average Bonchev–Trinajstić information content (AvgIpc) is 2.02. The molecule has 74 valence electrons. The zero-order valence-electron chi connectivity index (χ0n) is 7.93. The summed E-state index contributed by atoms with van der Waals surface area (Å²) in [7, 11) is -2.80. The molecule has 0 aliphatic carbocycles. The lowest BCUT2D eigenvalue weighted by Gasteiger charge is -2.21. The third kappa shape index (κ3) is 5.11. The number of hydrogen-bond donors (Lipinski definition) is 0. The van der Waals surface area contributed by atoms with Crippen LogP contribution >= 0.6 is 11.1 Å². The molecule has 0 aromatic rings. The Hall–Kier alpha value is 0.387. The minimum atomic E-state index is -2.80. The van der Waals surface area contributed by atoms with Gasteiger partial charge in [0.15, 0.2) is 0 Å². The molecular formula is C7H17ClO3Si. The molecule has 3 nitrogen and oxygen atoms in total. The maximum atomic E-state index is 5.99. The zero-order valence-corrected chi connectivity index (χ0v) is 9.69. The van der Waals surface area contributed by atoms with Gasteiger partial charge in [0, 0.05) is 19.8 Å². The molecule has 0 rings (SSSR count). The summed E-state index contributed by atoms with van der Waals surface area (Å²) in [5, 5.41) is 0. The molecule has 0 saturated heterocycles. The number of hydrogen-bond acceptors (Lipinski definition) is 3. The number of rotatable bonds is 7. The summed E-state index contributed by atoms with van der Waals surface area (Å²) < 4.78 is 15.8. The molecule has 0 aromatic heterocycles. The van der Waals surface area contributed by atoms with Gasteiger partial charge in [0.05, 0.1) is 0 Å². The lowest BCUT2D eigenvalue weighted by Crippen LogP contribution is -2.40. The largest absolute Gasteiger partial charge is 0.613 e. The molecule has 0 heterocycles. The molecule has 5 heteroatoms. The second-order valence-electron chi connectivity index (χ2n) is 2.20. The van der Waals surface area contributed by atoms with Gasteiger partial charge in [-0.1, -0.05) is 18.0 Å². The first-order valence-corrected chi connectivity index (χ1v) is 7.03. The maximum Gasteiger partial charge on any atom is 0.613 e. The second-order valence-corrected chi connectivity index (χ2v) is 5.41. The van der Waals surface area contributed by atoms with Crippen molar-refractivity contribution in [3.05, 3.63) is 0 Å². The van der Waals surface area contributed by atoms with E-state index in [1.807, 2.05) is 20.8 Å². The molecule has 0 aliphatic heterocycles. The fraction of sp³-hybridized carbons (Fsp3) is 1.00. The van der Waals surface area contributed by atoms with Crippen molar-refractivity contribution in [1.82, 2.24) is 0 Å². The van der Waals surface area contributed by atoms with Gasteiger partial charge in [-0.25, -0.2) is 0 Å². The SMILES string of the molecule is CCCO[Si](Cl)(OCC)OCC. The van der Waals surface area contributed by atoms with E-state index in [1.165, 1.54) is 0 Å². The fourth-order valence-electron chi connectivity index (χ4n) is 0.694. The van der Waals surface area contributed by atoms with Crippen LogP contribution in [0.4, 0.5) is 0 Å². The van der Waals surface area contributed by atoms with E-state index < -0.39 is 8.11 Å². The Morgan fingerprint density at radius 2 is 1.50 bits per heavy atom. The van der Waals surface area contributed by atoms with Crippen LogP contribution in [0, 0.1) is 0 Å². The van der Waals surface area contributed by atoms with Gasteiger partial charge in [0.2, 0.25) is 0 Å². The first-order valence-electron chi connectivity index (χ1n) is 4.29. The molecule has 0 aliphatic rings. The molecule has 0 bridgehead atoms. The molecular weight excluding hydrogens is 196 g/mol. The van der Waals surface area contributed by atoms with Crippen LogP contribution in [-0.4, -0.2) is 27.9 Å². The highest BCUT2D eigenvalue weighted by molar-refractivity contribution is 7.09. The van der Waals surface area contributed by atoms with Crippen molar-refractivity contribution in [3.8, 4) is 0 Å². The van der Waals surface area contributed by atoms with Crippen LogP contribution in [0.3, 0.4) is 0 Å². The maximum absolute atomic E-state index is 5.99. The lowest BCUT2D eigenvalue weighted by atomic mass is 10.5.